The van der Waals surface area contributed by atoms with E-state index < -0.39 is 0 Å². The molecule has 0 bridgehead atoms. The molecule has 180 valence electrons. The van der Waals surface area contributed by atoms with E-state index in [1.54, 1.807) is 26.2 Å². The lowest BCUT2D eigenvalue weighted by Gasteiger charge is -2.35. The molecule has 0 aliphatic carbocycles. The molecule has 8 heteroatoms. The van der Waals surface area contributed by atoms with Crippen molar-refractivity contribution in [1.82, 2.24) is 20.4 Å². The molecule has 2 aromatic carbocycles. The van der Waals surface area contributed by atoms with E-state index in [0.29, 0.717) is 35.8 Å². The molecule has 3 aromatic rings. The maximum atomic E-state index is 13.8. The van der Waals surface area contributed by atoms with E-state index in [1.165, 1.54) is 12.5 Å². The van der Waals surface area contributed by atoms with Crippen molar-refractivity contribution in [3.05, 3.63) is 65.3 Å². The fourth-order valence-electron chi connectivity index (χ4n) is 4.33. The average molecular weight is 467 g/mol. The van der Waals surface area contributed by atoms with Crippen molar-refractivity contribution in [1.29, 1.82) is 0 Å². The van der Waals surface area contributed by atoms with Crippen molar-refractivity contribution in [2.75, 3.05) is 26.7 Å². The van der Waals surface area contributed by atoms with E-state index in [4.69, 9.17) is 9.26 Å². The van der Waals surface area contributed by atoms with Gasteiger partial charge in [-0.25, -0.2) is 4.39 Å². The number of piperidine rings is 1. The van der Waals surface area contributed by atoms with E-state index in [-0.39, 0.29) is 24.2 Å². The number of ether oxygens (including phenoxy) is 1. The number of methoxy groups -OCH3 is 1. The maximum Gasteiger partial charge on any atom is 0.227 e. The van der Waals surface area contributed by atoms with Crippen molar-refractivity contribution in [3.8, 4) is 17.1 Å². The van der Waals surface area contributed by atoms with Gasteiger partial charge in [-0.2, -0.15) is 4.98 Å². The number of halogens is 1. The number of nitrogens with zero attached hydrogens (tertiary/aromatic N) is 3. The molecule has 1 N–H and O–H groups in total. The van der Waals surface area contributed by atoms with Crippen molar-refractivity contribution in [2.24, 2.45) is 0 Å². The van der Waals surface area contributed by atoms with Gasteiger partial charge in [0.25, 0.3) is 0 Å². The lowest BCUT2D eigenvalue weighted by Crippen LogP contribution is -2.40. The topological polar surface area (TPSA) is 80.5 Å². The molecule has 0 spiro atoms. The van der Waals surface area contributed by atoms with Gasteiger partial charge in [-0.15, -0.1) is 0 Å². The molecule has 1 aliphatic heterocycles. The Morgan fingerprint density at radius 1 is 1.21 bits per heavy atom. The summed E-state index contributed by atoms with van der Waals surface area (Å²) >= 11 is 0. The van der Waals surface area contributed by atoms with Crippen LogP contribution in [0.5, 0.6) is 5.75 Å². The van der Waals surface area contributed by atoms with Crippen LogP contribution in [0.3, 0.4) is 0 Å². The minimum Gasteiger partial charge on any atom is -0.496 e. The van der Waals surface area contributed by atoms with Crippen molar-refractivity contribution in [3.63, 3.8) is 0 Å². The number of para-hydroxylation sites is 1. The molecule has 1 amide bonds. The second kappa shape index (κ2) is 11.2. The molecule has 1 atom stereocenters. The molecular formula is C26H31FN4O3. The molecule has 1 saturated heterocycles. The first-order valence-corrected chi connectivity index (χ1v) is 11.8. The number of hydrogen-bond acceptors (Lipinski definition) is 6. The molecule has 2 heterocycles. The highest BCUT2D eigenvalue weighted by atomic mass is 19.1. The molecule has 4 rings (SSSR count). The Labute approximate surface area is 199 Å². The number of nitrogens with one attached hydrogen (secondary N) is 1. The van der Waals surface area contributed by atoms with E-state index >= 15 is 0 Å². The van der Waals surface area contributed by atoms with E-state index in [0.717, 1.165) is 37.2 Å². The van der Waals surface area contributed by atoms with Gasteiger partial charge in [-0.05, 0) is 50.6 Å². The van der Waals surface area contributed by atoms with Crippen LogP contribution < -0.4 is 10.1 Å². The summed E-state index contributed by atoms with van der Waals surface area (Å²) in [4.78, 5) is 19.4. The Morgan fingerprint density at radius 3 is 2.76 bits per heavy atom. The number of benzene rings is 2. The Kier molecular flexibility index (Phi) is 7.90. The number of aromatic nitrogens is 2. The Hall–Kier alpha value is -3.26. The number of amides is 1. The highest BCUT2D eigenvalue weighted by molar-refractivity contribution is 5.76. The molecule has 0 radical (unpaired) electrons. The van der Waals surface area contributed by atoms with Crippen LogP contribution in [0.1, 0.15) is 48.7 Å². The Balaban J connectivity index is 1.36. The van der Waals surface area contributed by atoms with Crippen LogP contribution in [-0.4, -0.2) is 47.7 Å². The number of carbonyl (C=O) groups excluding carboxylic acids is 1. The average Bonchev–Trinajstić information content (AvgIpc) is 3.34. The maximum absolute atomic E-state index is 13.8. The minimum atomic E-state index is -0.318. The first-order valence-electron chi connectivity index (χ1n) is 11.8. The van der Waals surface area contributed by atoms with E-state index in [1.807, 2.05) is 18.2 Å². The third-order valence-electron chi connectivity index (χ3n) is 6.29. The summed E-state index contributed by atoms with van der Waals surface area (Å²) in [6, 6.07) is 12.8. The van der Waals surface area contributed by atoms with Crippen molar-refractivity contribution < 1.29 is 18.4 Å². The SMILES string of the molecule is COc1ccccc1C(CNC(=O)CCc1nc(-c2ccc(C)c(F)c2)no1)N1CCCCC1. The van der Waals surface area contributed by atoms with Crippen molar-refractivity contribution in [2.45, 2.75) is 45.1 Å². The monoisotopic (exact) mass is 466 g/mol. The van der Waals surface area contributed by atoms with Crippen LogP contribution in [0.2, 0.25) is 0 Å². The summed E-state index contributed by atoms with van der Waals surface area (Å²) in [6.45, 7) is 4.20. The van der Waals surface area contributed by atoms with Crippen LogP contribution in [0.15, 0.2) is 47.0 Å². The van der Waals surface area contributed by atoms with Gasteiger partial charge in [0.1, 0.15) is 11.6 Å². The molecule has 1 aliphatic rings. The number of likely N-dealkylation sites (tertiary alicyclic amines) is 1. The van der Waals surface area contributed by atoms with Crippen LogP contribution in [-0.2, 0) is 11.2 Å². The first-order chi connectivity index (χ1) is 16.5. The van der Waals surface area contributed by atoms with E-state index in [2.05, 4.69) is 26.4 Å². The highest BCUT2D eigenvalue weighted by Crippen LogP contribution is 2.31. The second-order valence-corrected chi connectivity index (χ2v) is 8.63. The van der Waals surface area contributed by atoms with Gasteiger partial charge in [0.05, 0.1) is 13.2 Å². The quantitative estimate of drug-likeness (QED) is 0.501. The lowest BCUT2D eigenvalue weighted by molar-refractivity contribution is -0.121. The Bertz CT molecular complexity index is 1110. The summed E-state index contributed by atoms with van der Waals surface area (Å²) in [6.07, 6.45) is 4.09. The third-order valence-corrected chi connectivity index (χ3v) is 6.29. The summed E-state index contributed by atoms with van der Waals surface area (Å²) in [5.41, 5.74) is 2.18. The van der Waals surface area contributed by atoms with Gasteiger partial charge in [0.2, 0.25) is 17.6 Å². The normalized spacial score (nSPS) is 15.1. The molecule has 1 fully saturated rings. The van der Waals surface area contributed by atoms with Crippen molar-refractivity contribution >= 4 is 5.91 Å². The zero-order chi connectivity index (χ0) is 23.9. The largest absolute Gasteiger partial charge is 0.496 e. The number of carbonyl (C=O) groups is 1. The fraction of sp³-hybridized carbons (Fsp3) is 0.423. The van der Waals surface area contributed by atoms with E-state index in [9.17, 15) is 9.18 Å². The molecule has 7 nitrogen and oxygen atoms in total. The first kappa shape index (κ1) is 23.9. The van der Waals surface area contributed by atoms with Gasteiger partial charge in [0, 0.05) is 30.5 Å². The van der Waals surface area contributed by atoms with Gasteiger partial charge in [-0.1, -0.05) is 41.9 Å². The standard InChI is InChI=1S/C26H31FN4O3/c1-18-10-11-19(16-21(18)27)26-29-25(34-30-26)13-12-24(32)28-17-22(31-14-6-3-7-15-31)20-8-4-5-9-23(20)33-2/h4-5,8-11,16,22H,3,6-7,12-15,17H2,1-2H3,(H,28,32). The van der Waals surface area contributed by atoms with Gasteiger partial charge < -0.3 is 14.6 Å². The zero-order valence-corrected chi connectivity index (χ0v) is 19.7. The number of aryl methyl sites for hydroxylation is 2. The lowest BCUT2D eigenvalue weighted by atomic mass is 10.0. The van der Waals surface area contributed by atoms with Gasteiger partial charge in [0.15, 0.2) is 0 Å². The minimum absolute atomic E-state index is 0.0480. The zero-order valence-electron chi connectivity index (χ0n) is 19.7. The molecule has 34 heavy (non-hydrogen) atoms. The molecular weight excluding hydrogens is 435 g/mol. The predicted molar refractivity (Wildman–Crippen MR) is 127 cm³/mol. The summed E-state index contributed by atoms with van der Waals surface area (Å²) < 4.78 is 24.7. The predicted octanol–water partition coefficient (Wildman–Crippen LogP) is 4.47. The summed E-state index contributed by atoms with van der Waals surface area (Å²) in [7, 11) is 1.67. The van der Waals surface area contributed by atoms with Gasteiger partial charge in [-0.3, -0.25) is 9.69 Å². The second-order valence-electron chi connectivity index (χ2n) is 8.63. The summed E-state index contributed by atoms with van der Waals surface area (Å²) in [5, 5.41) is 7.00. The summed E-state index contributed by atoms with van der Waals surface area (Å²) in [5.74, 6) is 1.09. The smallest absolute Gasteiger partial charge is 0.227 e. The van der Waals surface area contributed by atoms with Gasteiger partial charge >= 0.3 is 0 Å². The van der Waals surface area contributed by atoms with Crippen LogP contribution in [0.25, 0.3) is 11.4 Å². The highest BCUT2D eigenvalue weighted by Gasteiger charge is 2.25. The molecule has 0 saturated carbocycles. The molecule has 1 unspecified atom stereocenters. The van der Waals surface area contributed by atoms with Crippen LogP contribution in [0, 0.1) is 12.7 Å². The third kappa shape index (κ3) is 5.80. The Morgan fingerprint density at radius 2 is 2.00 bits per heavy atom. The van der Waals surface area contributed by atoms with Crippen LogP contribution in [0.4, 0.5) is 4.39 Å². The number of hydrogen-bond donors (Lipinski definition) is 1. The van der Waals surface area contributed by atoms with Crippen LogP contribution >= 0.6 is 0 Å². The molecule has 1 aromatic heterocycles. The fourth-order valence-corrected chi connectivity index (χ4v) is 4.33. The number of rotatable bonds is 9.